The fourth-order valence-corrected chi connectivity index (χ4v) is 2.55. The molecule has 2 nitrogen and oxygen atoms in total. The molecule has 0 aliphatic carbocycles. The van der Waals surface area contributed by atoms with Gasteiger partial charge in [-0.1, -0.05) is 0 Å². The first-order valence-electron chi connectivity index (χ1n) is 4.31. The van der Waals surface area contributed by atoms with E-state index in [0.29, 0.717) is 18.2 Å². The van der Waals surface area contributed by atoms with Gasteiger partial charge in [0.15, 0.2) is 0 Å². The second-order valence-corrected chi connectivity index (χ2v) is 4.60. The van der Waals surface area contributed by atoms with Gasteiger partial charge in [0, 0.05) is 12.5 Å². The average molecular weight is 205 g/mol. The van der Waals surface area contributed by atoms with Crippen molar-refractivity contribution in [3.05, 3.63) is 0 Å². The van der Waals surface area contributed by atoms with Crippen molar-refractivity contribution in [2.75, 3.05) is 17.3 Å². The minimum Gasteiger partial charge on any atom is -0.353 e. The van der Waals surface area contributed by atoms with Gasteiger partial charge in [0.1, 0.15) is 0 Å². The van der Waals surface area contributed by atoms with Crippen molar-refractivity contribution in [1.82, 2.24) is 5.32 Å². The molecule has 0 radical (unpaired) electrons. The molecule has 1 aliphatic heterocycles. The zero-order valence-corrected chi connectivity index (χ0v) is 8.79. The first kappa shape index (κ1) is 10.3. The van der Waals surface area contributed by atoms with Crippen molar-refractivity contribution in [2.45, 2.75) is 25.3 Å². The van der Waals surface area contributed by atoms with Crippen molar-refractivity contribution in [3.8, 4) is 0 Å². The molecular formula is C8H15NOS2. The average Bonchev–Trinajstić information content (AvgIpc) is 2.06. The van der Waals surface area contributed by atoms with E-state index in [1.165, 1.54) is 11.5 Å². The maximum Gasteiger partial charge on any atom is 0.221 e. The van der Waals surface area contributed by atoms with Gasteiger partial charge in [-0.2, -0.15) is 24.4 Å². The van der Waals surface area contributed by atoms with Crippen molar-refractivity contribution >= 4 is 30.3 Å². The van der Waals surface area contributed by atoms with Crippen LogP contribution in [0.4, 0.5) is 0 Å². The number of carbonyl (C=O) groups is 1. The van der Waals surface area contributed by atoms with Crippen LogP contribution in [-0.2, 0) is 4.79 Å². The number of hydrogen-bond donors (Lipinski definition) is 2. The molecule has 0 atom stereocenters. The summed E-state index contributed by atoms with van der Waals surface area (Å²) in [7, 11) is 0. The van der Waals surface area contributed by atoms with E-state index in [2.05, 4.69) is 17.9 Å². The van der Waals surface area contributed by atoms with E-state index < -0.39 is 0 Å². The molecule has 0 bridgehead atoms. The molecular weight excluding hydrogens is 190 g/mol. The van der Waals surface area contributed by atoms with Crippen LogP contribution in [0.3, 0.4) is 0 Å². The summed E-state index contributed by atoms with van der Waals surface area (Å²) >= 11 is 5.99. The van der Waals surface area contributed by atoms with Gasteiger partial charge in [0.05, 0.1) is 0 Å². The Kier molecular flexibility index (Phi) is 4.92. The van der Waals surface area contributed by atoms with Gasteiger partial charge in [0.2, 0.25) is 5.91 Å². The zero-order chi connectivity index (χ0) is 8.81. The molecule has 1 rings (SSSR count). The maximum absolute atomic E-state index is 11.1. The molecule has 0 spiro atoms. The van der Waals surface area contributed by atoms with Gasteiger partial charge in [-0.15, -0.1) is 0 Å². The topological polar surface area (TPSA) is 29.1 Å². The standard InChI is InChI=1S/C8H15NOS2/c10-8(1-4-11)9-7-2-5-12-6-3-7/h7,11H,1-6H2,(H,9,10). The third kappa shape index (κ3) is 3.72. The molecule has 0 aromatic carbocycles. The molecule has 1 N–H and O–H groups in total. The third-order valence-electron chi connectivity index (χ3n) is 1.93. The summed E-state index contributed by atoms with van der Waals surface area (Å²) in [5, 5.41) is 3.02. The summed E-state index contributed by atoms with van der Waals surface area (Å²) < 4.78 is 0. The molecule has 0 unspecified atom stereocenters. The van der Waals surface area contributed by atoms with Crippen molar-refractivity contribution < 1.29 is 4.79 Å². The molecule has 4 heteroatoms. The molecule has 1 heterocycles. The highest BCUT2D eigenvalue weighted by atomic mass is 32.2. The lowest BCUT2D eigenvalue weighted by atomic mass is 10.1. The molecule has 70 valence electrons. The smallest absolute Gasteiger partial charge is 0.221 e. The molecule has 1 aliphatic rings. The Morgan fingerprint density at radius 1 is 1.50 bits per heavy atom. The highest BCUT2D eigenvalue weighted by Crippen LogP contribution is 2.16. The molecule has 1 amide bonds. The Morgan fingerprint density at radius 3 is 2.75 bits per heavy atom. The van der Waals surface area contributed by atoms with Gasteiger partial charge < -0.3 is 5.32 Å². The monoisotopic (exact) mass is 205 g/mol. The number of amides is 1. The van der Waals surface area contributed by atoms with Crippen LogP contribution < -0.4 is 5.32 Å². The lowest BCUT2D eigenvalue weighted by molar-refractivity contribution is -0.121. The normalized spacial score (nSPS) is 19.1. The Labute approximate surface area is 83.3 Å². The molecule has 0 saturated carbocycles. The van der Waals surface area contributed by atoms with E-state index in [1.807, 2.05) is 11.8 Å². The Hall–Kier alpha value is 0.170. The molecule has 1 saturated heterocycles. The second-order valence-electron chi connectivity index (χ2n) is 2.93. The van der Waals surface area contributed by atoms with Crippen LogP contribution in [0.25, 0.3) is 0 Å². The van der Waals surface area contributed by atoms with Crippen molar-refractivity contribution in [3.63, 3.8) is 0 Å². The van der Waals surface area contributed by atoms with E-state index >= 15 is 0 Å². The largest absolute Gasteiger partial charge is 0.353 e. The minimum absolute atomic E-state index is 0.155. The van der Waals surface area contributed by atoms with Gasteiger partial charge in [-0.3, -0.25) is 4.79 Å². The van der Waals surface area contributed by atoms with Crippen LogP contribution >= 0.6 is 24.4 Å². The summed E-state index contributed by atoms with van der Waals surface area (Å²) in [6.45, 7) is 0. The lowest BCUT2D eigenvalue weighted by Gasteiger charge is -2.22. The first-order valence-corrected chi connectivity index (χ1v) is 6.09. The summed E-state index contributed by atoms with van der Waals surface area (Å²) in [4.78, 5) is 11.1. The highest BCUT2D eigenvalue weighted by Gasteiger charge is 2.14. The lowest BCUT2D eigenvalue weighted by Crippen LogP contribution is -2.37. The first-order chi connectivity index (χ1) is 5.83. The Morgan fingerprint density at radius 2 is 2.17 bits per heavy atom. The quantitative estimate of drug-likeness (QED) is 0.680. The minimum atomic E-state index is 0.155. The van der Waals surface area contributed by atoms with Gasteiger partial charge >= 0.3 is 0 Å². The van der Waals surface area contributed by atoms with Crippen LogP contribution in [0.2, 0.25) is 0 Å². The molecule has 0 aromatic heterocycles. The second kappa shape index (κ2) is 5.75. The fraction of sp³-hybridized carbons (Fsp3) is 0.875. The molecule has 12 heavy (non-hydrogen) atoms. The predicted molar refractivity (Wildman–Crippen MR) is 57.0 cm³/mol. The summed E-state index contributed by atoms with van der Waals surface area (Å²) in [5.74, 6) is 3.17. The van der Waals surface area contributed by atoms with E-state index in [9.17, 15) is 4.79 Å². The van der Waals surface area contributed by atoms with E-state index in [1.54, 1.807) is 0 Å². The Bertz CT molecular complexity index is 146. The predicted octanol–water partition coefficient (Wildman–Crippen LogP) is 1.32. The number of nitrogens with one attached hydrogen (secondary N) is 1. The Balaban J connectivity index is 2.15. The maximum atomic E-state index is 11.1. The van der Waals surface area contributed by atoms with Gasteiger partial charge in [0.25, 0.3) is 0 Å². The summed E-state index contributed by atoms with van der Waals surface area (Å²) in [5.41, 5.74) is 0. The van der Waals surface area contributed by atoms with Crippen LogP contribution in [0.15, 0.2) is 0 Å². The van der Waals surface area contributed by atoms with Crippen LogP contribution in [0.1, 0.15) is 19.3 Å². The van der Waals surface area contributed by atoms with E-state index in [-0.39, 0.29) is 5.91 Å². The summed E-state index contributed by atoms with van der Waals surface area (Å²) in [6.07, 6.45) is 2.80. The van der Waals surface area contributed by atoms with Crippen molar-refractivity contribution in [2.24, 2.45) is 0 Å². The van der Waals surface area contributed by atoms with Gasteiger partial charge in [-0.25, -0.2) is 0 Å². The number of hydrogen-bond acceptors (Lipinski definition) is 3. The fourth-order valence-electron chi connectivity index (χ4n) is 1.24. The van der Waals surface area contributed by atoms with Gasteiger partial charge in [-0.05, 0) is 30.1 Å². The van der Waals surface area contributed by atoms with E-state index in [0.717, 1.165) is 12.8 Å². The SMILES string of the molecule is O=C(CCS)NC1CCSCC1. The van der Waals surface area contributed by atoms with Crippen molar-refractivity contribution in [1.29, 1.82) is 0 Å². The van der Waals surface area contributed by atoms with E-state index in [4.69, 9.17) is 0 Å². The number of thioether (sulfide) groups is 1. The highest BCUT2D eigenvalue weighted by molar-refractivity contribution is 7.99. The number of rotatable bonds is 3. The van der Waals surface area contributed by atoms with Crippen LogP contribution in [-0.4, -0.2) is 29.2 Å². The zero-order valence-electron chi connectivity index (χ0n) is 7.08. The third-order valence-corrected chi connectivity index (χ3v) is 3.20. The van der Waals surface area contributed by atoms with Crippen LogP contribution in [0, 0.1) is 0 Å². The molecule has 0 aromatic rings. The number of carbonyl (C=O) groups excluding carboxylic acids is 1. The van der Waals surface area contributed by atoms with Crippen LogP contribution in [0.5, 0.6) is 0 Å². The molecule has 1 fully saturated rings. The summed E-state index contributed by atoms with van der Waals surface area (Å²) in [6, 6.07) is 0.429. The number of thiol groups is 1.